The fourth-order valence-corrected chi connectivity index (χ4v) is 2.95. The third-order valence-electron chi connectivity index (χ3n) is 0.855. The molecular formula is CHClO7P2Sn. The number of hydrogen-bond acceptors (Lipinski definition) is 7. The van der Waals surface area contributed by atoms with Gasteiger partial charge in [-0.25, -0.2) is 0 Å². The van der Waals surface area contributed by atoms with E-state index in [1.807, 2.05) is 0 Å². The molecule has 7 nitrogen and oxygen atoms in total. The topological polar surface area (TPSA) is 133 Å². The average Bonchev–Trinajstić information content (AvgIpc) is 1.85. The van der Waals surface area contributed by atoms with E-state index in [4.69, 9.17) is 5.11 Å². The van der Waals surface area contributed by atoms with Crippen LogP contribution in [-0.4, -0.2) is 30.7 Å². The quantitative estimate of drug-likeness (QED) is 0.439. The Hall–Kier alpha value is 1.35. The molecule has 68 valence electrons. The van der Waals surface area contributed by atoms with Crippen molar-refractivity contribution in [3.05, 3.63) is 0 Å². The van der Waals surface area contributed by atoms with Crippen molar-refractivity contribution < 1.29 is 33.0 Å². The SMILES string of the molecule is O=P([O-])([O-])[C](O)([Sn+3])P(=O)([O-])OCl. The molecule has 0 rings (SSSR count). The van der Waals surface area contributed by atoms with Gasteiger partial charge in [-0.1, -0.05) is 0 Å². The second-order valence-corrected chi connectivity index (χ2v) is 10.4. The van der Waals surface area contributed by atoms with Crippen LogP contribution in [0.3, 0.4) is 0 Å². The van der Waals surface area contributed by atoms with Crippen molar-refractivity contribution in [2.45, 2.75) is 3.10 Å². The van der Waals surface area contributed by atoms with E-state index >= 15 is 0 Å². The number of halogens is 1. The number of rotatable bonds is 3. The van der Waals surface area contributed by atoms with Gasteiger partial charge < -0.3 is 0 Å². The van der Waals surface area contributed by atoms with Crippen molar-refractivity contribution in [1.29, 1.82) is 0 Å². The third-order valence-corrected chi connectivity index (χ3v) is 9.27. The summed E-state index contributed by atoms with van der Waals surface area (Å²) in [6.07, 6.45) is 0. The van der Waals surface area contributed by atoms with Gasteiger partial charge in [0.2, 0.25) is 0 Å². The molecule has 0 aliphatic rings. The molecule has 0 radical (unpaired) electrons. The summed E-state index contributed by atoms with van der Waals surface area (Å²) >= 11 is 3.91. The molecular weight excluding hydrogens is 340 g/mol. The molecule has 11 heteroatoms. The Morgan fingerprint density at radius 1 is 1.42 bits per heavy atom. The van der Waals surface area contributed by atoms with Gasteiger partial charge in [0.15, 0.2) is 0 Å². The fraction of sp³-hybridized carbons (Fsp3) is 1.00. The second kappa shape index (κ2) is 3.84. The van der Waals surface area contributed by atoms with Crippen LogP contribution in [0.2, 0.25) is 0 Å². The van der Waals surface area contributed by atoms with Gasteiger partial charge in [-0.2, -0.15) is 0 Å². The Labute approximate surface area is 85.6 Å². The minimum atomic E-state index is -5.70. The zero-order chi connectivity index (χ0) is 10.2. The molecule has 0 amide bonds. The van der Waals surface area contributed by atoms with Gasteiger partial charge in [-0.15, -0.1) is 0 Å². The maximum absolute atomic E-state index is 10.5. The van der Waals surface area contributed by atoms with E-state index in [2.05, 4.69) is 15.9 Å². The molecule has 0 heterocycles. The van der Waals surface area contributed by atoms with Gasteiger partial charge in [-0.05, 0) is 0 Å². The van der Waals surface area contributed by atoms with Crippen LogP contribution < -0.4 is 14.7 Å². The van der Waals surface area contributed by atoms with E-state index in [1.165, 1.54) is 0 Å². The molecule has 0 aromatic rings. The first-order valence-electron chi connectivity index (χ1n) is 2.17. The van der Waals surface area contributed by atoms with Gasteiger partial charge in [-0.3, -0.25) is 0 Å². The maximum atomic E-state index is 10.5. The molecule has 0 aliphatic carbocycles. The summed E-state index contributed by atoms with van der Waals surface area (Å²) in [5.41, 5.74) is 0. The van der Waals surface area contributed by atoms with E-state index in [9.17, 15) is 23.8 Å². The average molecular weight is 341 g/mol. The number of hydrogen-bond donors (Lipinski definition) is 1. The molecule has 0 aromatic heterocycles. The summed E-state index contributed by atoms with van der Waals surface area (Å²) in [5, 5.41) is 8.75. The predicted octanol–water partition coefficient (Wildman–Crippen LogP) is -2.60. The Balaban J connectivity index is 5.14. The molecule has 0 aromatic carbocycles. The van der Waals surface area contributed by atoms with Crippen LogP contribution in [-0.2, 0) is 13.2 Å². The van der Waals surface area contributed by atoms with E-state index in [-0.39, 0.29) is 0 Å². The molecule has 2 unspecified atom stereocenters. The van der Waals surface area contributed by atoms with E-state index in [0.29, 0.717) is 0 Å². The van der Waals surface area contributed by atoms with Crippen LogP contribution in [0.1, 0.15) is 0 Å². The molecule has 2 atom stereocenters. The predicted molar refractivity (Wildman–Crippen MR) is 32.9 cm³/mol. The fourth-order valence-electron chi connectivity index (χ4n) is 0.198. The monoisotopic (exact) mass is 342 g/mol. The van der Waals surface area contributed by atoms with Crippen LogP contribution in [0, 0.1) is 0 Å². The van der Waals surface area contributed by atoms with Crippen molar-refractivity contribution in [3.8, 4) is 0 Å². The first-order valence-corrected chi connectivity index (χ1v) is 6.99. The minimum absolute atomic E-state index is 0.452. The Morgan fingerprint density at radius 3 is 1.83 bits per heavy atom. The second-order valence-electron chi connectivity index (χ2n) is 1.70. The summed E-state index contributed by atoms with van der Waals surface area (Å²) in [7, 11) is -11.0. The molecule has 1 N–H and O–H groups in total. The van der Waals surface area contributed by atoms with Gasteiger partial charge in [0.1, 0.15) is 0 Å². The van der Waals surface area contributed by atoms with Gasteiger partial charge >= 0.3 is 85.7 Å². The molecule has 0 aliphatic heterocycles. The van der Waals surface area contributed by atoms with Gasteiger partial charge in [0.25, 0.3) is 0 Å². The standard InChI is InChI=1S/CH4ClO7P2.Sn/c2-9-11(7,8)1(3)10(4,5)6;/h3H,(H,7,8)(H2,4,5,6);/q;+3/p-3. The van der Waals surface area contributed by atoms with Crippen LogP contribution >= 0.6 is 27.1 Å². The first-order chi connectivity index (χ1) is 5.06. The zero-order valence-electron chi connectivity index (χ0n) is 5.17. The van der Waals surface area contributed by atoms with Crippen molar-refractivity contribution in [2.75, 3.05) is 0 Å². The molecule has 0 fully saturated rings. The molecule has 12 heavy (non-hydrogen) atoms. The third kappa shape index (κ3) is 2.43. The summed E-state index contributed by atoms with van der Waals surface area (Å²) in [4.78, 5) is 30.9. The summed E-state index contributed by atoms with van der Waals surface area (Å²) in [6, 6.07) is 0. The number of aliphatic hydroxyl groups is 1. The summed E-state index contributed by atoms with van der Waals surface area (Å²) < 4.78 is 20.5. The molecule has 0 saturated heterocycles. The Bertz CT molecular complexity index is 256. The Kier molecular flexibility index (Phi) is 4.27. The van der Waals surface area contributed by atoms with Crippen molar-refractivity contribution in [1.82, 2.24) is 0 Å². The van der Waals surface area contributed by atoms with Crippen LogP contribution in [0.5, 0.6) is 0 Å². The van der Waals surface area contributed by atoms with Gasteiger partial charge in [0, 0.05) is 0 Å². The van der Waals surface area contributed by atoms with Crippen LogP contribution in [0.4, 0.5) is 0 Å². The zero-order valence-corrected chi connectivity index (χ0v) is 10.6. The van der Waals surface area contributed by atoms with Crippen LogP contribution in [0.25, 0.3) is 0 Å². The van der Waals surface area contributed by atoms with Crippen molar-refractivity contribution >= 4 is 49.6 Å². The van der Waals surface area contributed by atoms with Gasteiger partial charge in [0.05, 0.1) is 0 Å². The molecule has 0 saturated carbocycles. The van der Waals surface area contributed by atoms with Crippen molar-refractivity contribution in [2.24, 2.45) is 0 Å². The van der Waals surface area contributed by atoms with E-state index < -0.39 is 40.8 Å². The van der Waals surface area contributed by atoms with E-state index in [1.54, 1.807) is 0 Å². The van der Waals surface area contributed by atoms with E-state index in [0.717, 1.165) is 0 Å². The first kappa shape index (κ1) is 13.3. The van der Waals surface area contributed by atoms with Crippen molar-refractivity contribution in [3.63, 3.8) is 0 Å². The molecule has 0 spiro atoms. The summed E-state index contributed by atoms with van der Waals surface area (Å²) in [5.74, 6) is 0. The molecule has 0 bridgehead atoms. The normalized spacial score (nSPS) is 22.9. The Morgan fingerprint density at radius 2 is 1.75 bits per heavy atom. The van der Waals surface area contributed by atoms with Crippen LogP contribution in [0.15, 0.2) is 0 Å². The summed E-state index contributed by atoms with van der Waals surface area (Å²) in [6.45, 7) is 0.